The molecule has 0 spiro atoms. The quantitative estimate of drug-likeness (QED) is 0.0642. The van der Waals surface area contributed by atoms with Crippen LogP contribution in [-0.2, 0) is 4.57 Å². The minimum Gasteiger partial charge on any atom is -0.309 e. The van der Waals surface area contributed by atoms with Crippen molar-refractivity contribution in [2.45, 2.75) is 0 Å². The van der Waals surface area contributed by atoms with E-state index in [1.165, 1.54) is 41.5 Å². The summed E-state index contributed by atoms with van der Waals surface area (Å²) < 4.78 is 22.3. The third-order valence-corrected chi connectivity index (χ3v) is 30.1. The highest BCUT2D eigenvalue weighted by Crippen LogP contribution is 2.46. The fraction of sp³-hybridized carbons (Fsp3) is 0. The molecule has 6 heteroatoms. The molecule has 15 rings (SSSR count). The molecule has 0 aliphatic rings. The second-order valence-corrected chi connectivity index (χ2v) is 32.2. The molecule has 0 fully saturated rings. The predicted octanol–water partition coefficient (Wildman–Crippen LogP) is 12.3. The van der Waals surface area contributed by atoms with Gasteiger partial charge >= 0.3 is 0 Å². The molecule has 15 aromatic rings. The molecule has 2 heterocycles. The summed E-state index contributed by atoms with van der Waals surface area (Å²) in [4.78, 5) is 0. The van der Waals surface area contributed by atoms with Crippen LogP contribution in [-0.4, -0.2) is 25.3 Å². The van der Waals surface area contributed by atoms with Crippen molar-refractivity contribution in [3.63, 3.8) is 0 Å². The zero-order valence-electron chi connectivity index (χ0n) is 46.2. The van der Waals surface area contributed by atoms with Crippen LogP contribution in [0, 0.1) is 0 Å². The first-order valence-electron chi connectivity index (χ1n) is 28.8. The molecule has 3 nitrogen and oxygen atoms in total. The SMILES string of the molecule is O=P(c1ccccc1)(c1ccc2c(c1)c1cc([Si](c3ccccc3)(c3ccccc3)c3ccccc3)ccc1n2-c1ccccc1)c1ccc2c(c1)c1cc([Si](c3ccccc3)(c3ccccc3)c3ccccc3)ccc1n2-c1ccccc1. The number of aromatic nitrogens is 2. The molecule has 0 aliphatic carbocycles. The maximum absolute atomic E-state index is 17.5. The van der Waals surface area contributed by atoms with Crippen molar-refractivity contribution in [2.75, 3.05) is 0 Å². The lowest BCUT2D eigenvalue weighted by Crippen LogP contribution is -2.74. The summed E-state index contributed by atoms with van der Waals surface area (Å²) in [7, 11) is -9.52. The Hall–Kier alpha value is -9.88. The Kier molecular flexibility index (Phi) is 12.8. The molecule has 0 bridgehead atoms. The first-order chi connectivity index (χ1) is 41.6. The van der Waals surface area contributed by atoms with Crippen molar-refractivity contribution in [1.29, 1.82) is 0 Å². The zero-order chi connectivity index (χ0) is 56.1. The highest BCUT2D eigenvalue weighted by Gasteiger charge is 2.43. The molecule has 0 aliphatic heterocycles. The van der Waals surface area contributed by atoms with Crippen LogP contribution in [0.4, 0.5) is 0 Å². The summed E-state index contributed by atoms with van der Waals surface area (Å²) in [5.41, 5.74) is 6.44. The van der Waals surface area contributed by atoms with Gasteiger partial charge in [-0.3, -0.25) is 0 Å². The van der Waals surface area contributed by atoms with Crippen LogP contribution < -0.4 is 57.4 Å². The molecule has 0 radical (unpaired) electrons. The Balaban J connectivity index is 1.00. The van der Waals surface area contributed by atoms with Crippen LogP contribution in [0.3, 0.4) is 0 Å². The van der Waals surface area contributed by atoms with Gasteiger partial charge in [0.1, 0.15) is 0 Å². The van der Waals surface area contributed by atoms with Crippen molar-refractivity contribution in [3.05, 3.63) is 346 Å². The van der Waals surface area contributed by atoms with Gasteiger partial charge in [-0.1, -0.05) is 273 Å². The first kappa shape index (κ1) is 51.0. The molecule has 13 aromatic carbocycles. The topological polar surface area (TPSA) is 26.9 Å². The molecule has 2 aromatic heterocycles. The van der Waals surface area contributed by atoms with Crippen molar-refractivity contribution in [3.8, 4) is 11.4 Å². The second kappa shape index (κ2) is 21.1. The summed E-state index contributed by atoms with van der Waals surface area (Å²) in [6.45, 7) is 0. The predicted molar refractivity (Wildman–Crippen MR) is 362 cm³/mol. The van der Waals surface area contributed by atoms with E-state index >= 15 is 4.57 Å². The van der Waals surface area contributed by atoms with Gasteiger partial charge in [-0.2, -0.15) is 0 Å². The number of fused-ring (bicyclic) bond motifs is 6. The number of benzene rings is 13. The second-order valence-electron chi connectivity index (χ2n) is 21.8. The number of nitrogens with zero attached hydrogens (tertiary/aromatic N) is 2. The summed E-state index contributed by atoms with van der Waals surface area (Å²) in [6, 6.07) is 126. The van der Waals surface area contributed by atoms with E-state index in [2.05, 4.69) is 337 Å². The molecule has 0 N–H and O–H groups in total. The molecule has 0 saturated heterocycles. The molecular formula is C78H57N2OPSi2. The Morgan fingerprint density at radius 2 is 0.452 bits per heavy atom. The maximum atomic E-state index is 17.5. The molecule has 0 unspecified atom stereocenters. The Morgan fingerprint density at radius 3 is 0.738 bits per heavy atom. The van der Waals surface area contributed by atoms with E-state index in [9.17, 15) is 0 Å². The number of rotatable bonds is 13. The van der Waals surface area contributed by atoms with Gasteiger partial charge in [0.25, 0.3) is 0 Å². The smallest absolute Gasteiger partial charge is 0.179 e. The summed E-state index contributed by atoms with van der Waals surface area (Å²) in [5.74, 6) is 0. The van der Waals surface area contributed by atoms with Gasteiger partial charge in [0.05, 0.1) is 22.1 Å². The normalized spacial score (nSPS) is 12.1. The van der Waals surface area contributed by atoms with E-state index in [1.54, 1.807) is 0 Å². The molecule has 84 heavy (non-hydrogen) atoms. The van der Waals surface area contributed by atoms with Gasteiger partial charge in [-0.05, 0) is 114 Å². The Bertz CT molecular complexity index is 4400. The summed E-state index contributed by atoms with van der Waals surface area (Å²) >= 11 is 0. The van der Waals surface area contributed by atoms with E-state index < -0.39 is 23.3 Å². The monoisotopic (exact) mass is 1120 g/mol. The lowest BCUT2D eigenvalue weighted by Gasteiger charge is -2.34. The number of hydrogen-bond acceptors (Lipinski definition) is 1. The van der Waals surface area contributed by atoms with Gasteiger partial charge in [0.15, 0.2) is 23.3 Å². The number of hydrogen-bond donors (Lipinski definition) is 0. The average molecular weight is 1130 g/mol. The third-order valence-electron chi connectivity index (χ3n) is 17.5. The van der Waals surface area contributed by atoms with E-state index in [-0.39, 0.29) is 0 Å². The standard InChI is InChI=1S/C78H57N2OPSi2/c81-82(60-32-14-3-15-33-60,61-46-50-75-71(54-61)73-56-69(48-52-77(73)79(75)58-28-10-1-11-29-58)83(63-34-16-4-17-35-63,64-36-18-5-19-37-64)65-38-20-6-21-39-65)62-47-51-76-72(55-62)74-57-70(49-53-78(74)80(76)59-30-12-2-13-31-59)84(66-40-22-7-23-41-66,67-42-24-8-25-43-67)68-44-26-9-27-45-68/h1-57H. The molecule has 0 saturated carbocycles. The number of para-hydroxylation sites is 2. The van der Waals surface area contributed by atoms with Crippen LogP contribution in [0.15, 0.2) is 346 Å². The van der Waals surface area contributed by atoms with E-state index in [1.807, 2.05) is 18.2 Å². The first-order valence-corrected chi connectivity index (χ1v) is 34.6. The van der Waals surface area contributed by atoms with Crippen molar-refractivity contribution < 1.29 is 4.57 Å². The van der Waals surface area contributed by atoms with E-state index in [0.29, 0.717) is 0 Å². The Labute approximate surface area is 492 Å². The van der Waals surface area contributed by atoms with Gasteiger partial charge in [-0.15, -0.1) is 0 Å². The third kappa shape index (κ3) is 8.11. The Morgan fingerprint density at radius 1 is 0.214 bits per heavy atom. The van der Waals surface area contributed by atoms with Crippen molar-refractivity contribution >= 4 is 124 Å². The lowest BCUT2D eigenvalue weighted by atomic mass is 10.1. The molecule has 0 amide bonds. The maximum Gasteiger partial charge on any atom is 0.179 e. The molecular weight excluding hydrogens is 1070 g/mol. The molecule has 0 atom stereocenters. The van der Waals surface area contributed by atoms with Crippen LogP contribution in [0.5, 0.6) is 0 Å². The van der Waals surface area contributed by atoms with Gasteiger partial charge in [0, 0.05) is 48.8 Å². The van der Waals surface area contributed by atoms with E-state index in [0.717, 1.165) is 70.9 Å². The highest BCUT2D eigenvalue weighted by molar-refractivity contribution is 7.85. The van der Waals surface area contributed by atoms with Crippen molar-refractivity contribution in [2.24, 2.45) is 0 Å². The minimum absolute atomic E-state index is 0.784. The van der Waals surface area contributed by atoms with Crippen molar-refractivity contribution in [1.82, 2.24) is 9.13 Å². The van der Waals surface area contributed by atoms with Crippen LogP contribution >= 0.6 is 7.14 Å². The minimum atomic E-state index is -3.64. The lowest BCUT2D eigenvalue weighted by molar-refractivity contribution is 0.592. The largest absolute Gasteiger partial charge is 0.309 e. The average Bonchev–Trinajstić information content (AvgIpc) is 2.11. The highest BCUT2D eigenvalue weighted by atomic mass is 31.2. The van der Waals surface area contributed by atoms with Crippen LogP contribution in [0.25, 0.3) is 55.0 Å². The fourth-order valence-electron chi connectivity index (χ4n) is 13.8. The van der Waals surface area contributed by atoms with Crippen LogP contribution in [0.1, 0.15) is 0 Å². The molecule has 398 valence electrons. The summed E-state index contributed by atoms with van der Waals surface area (Å²) in [6.07, 6.45) is 0. The van der Waals surface area contributed by atoms with Gasteiger partial charge in [-0.25, -0.2) is 0 Å². The van der Waals surface area contributed by atoms with Gasteiger partial charge in [0.2, 0.25) is 0 Å². The van der Waals surface area contributed by atoms with Crippen LogP contribution in [0.2, 0.25) is 0 Å². The summed E-state index contributed by atoms with van der Waals surface area (Å²) in [5, 5.41) is 17.1. The zero-order valence-corrected chi connectivity index (χ0v) is 49.1. The fourth-order valence-corrected chi connectivity index (χ4v) is 26.0. The van der Waals surface area contributed by atoms with E-state index in [4.69, 9.17) is 0 Å². The van der Waals surface area contributed by atoms with Gasteiger partial charge < -0.3 is 13.7 Å².